The van der Waals surface area contributed by atoms with Gasteiger partial charge in [-0.3, -0.25) is 0 Å². The predicted octanol–water partition coefficient (Wildman–Crippen LogP) is 1.74. The van der Waals surface area contributed by atoms with Crippen molar-refractivity contribution in [1.82, 2.24) is 0 Å². The molecule has 0 fully saturated rings. The fourth-order valence-electron chi connectivity index (χ4n) is 1.12. The summed E-state index contributed by atoms with van der Waals surface area (Å²) in [6.07, 6.45) is 3.52. The van der Waals surface area contributed by atoms with Crippen LogP contribution in [0, 0.1) is 0 Å². The summed E-state index contributed by atoms with van der Waals surface area (Å²) in [6.45, 7) is 3.55. The molecule has 0 aliphatic carbocycles. The fraction of sp³-hybridized carbons (Fsp3) is 0.400. The van der Waals surface area contributed by atoms with Crippen LogP contribution in [0.3, 0.4) is 0 Å². The quantitative estimate of drug-likeness (QED) is 0.680. The van der Waals surface area contributed by atoms with E-state index in [9.17, 15) is 0 Å². The summed E-state index contributed by atoms with van der Waals surface area (Å²) in [5.41, 5.74) is 5.83. The second-order valence-electron chi connectivity index (χ2n) is 2.93. The Kier molecular flexibility index (Phi) is 3.73. The Hall–Kier alpha value is -1.06. The van der Waals surface area contributed by atoms with Gasteiger partial charge in [-0.15, -0.1) is 6.58 Å². The second-order valence-corrected chi connectivity index (χ2v) is 2.93. The van der Waals surface area contributed by atoms with Crippen LogP contribution in [0.1, 0.15) is 30.4 Å². The van der Waals surface area contributed by atoms with E-state index in [0.717, 1.165) is 18.6 Å². The van der Waals surface area contributed by atoms with E-state index in [4.69, 9.17) is 15.3 Å². The van der Waals surface area contributed by atoms with Crippen molar-refractivity contribution < 1.29 is 9.52 Å². The predicted molar refractivity (Wildman–Crippen MR) is 51.0 cm³/mol. The molecule has 0 radical (unpaired) electrons. The molecule has 72 valence electrons. The summed E-state index contributed by atoms with van der Waals surface area (Å²) in [4.78, 5) is 0. The van der Waals surface area contributed by atoms with Crippen molar-refractivity contribution in [1.29, 1.82) is 0 Å². The average Bonchev–Trinajstić information content (AvgIpc) is 2.62. The molecule has 1 aromatic heterocycles. The standard InChI is InChI=1S/C10H15NO2/c1-2-3-4-9(11)10-6-5-8(7-12)13-10/h2,5-6,9,12H,1,3-4,7,11H2/t9-/m0/s1. The maximum absolute atomic E-state index is 8.76. The first-order valence-electron chi connectivity index (χ1n) is 4.34. The minimum absolute atomic E-state index is 0.0752. The fourth-order valence-corrected chi connectivity index (χ4v) is 1.12. The first kappa shape index (κ1) is 10.0. The molecule has 3 nitrogen and oxygen atoms in total. The first-order chi connectivity index (χ1) is 6.27. The number of rotatable bonds is 5. The molecule has 0 aliphatic rings. The lowest BCUT2D eigenvalue weighted by Gasteiger charge is -2.05. The minimum atomic E-state index is -0.0988. The third-order valence-corrected chi connectivity index (χ3v) is 1.89. The highest BCUT2D eigenvalue weighted by Crippen LogP contribution is 2.18. The van der Waals surface area contributed by atoms with Crippen LogP contribution in [0.15, 0.2) is 29.2 Å². The Morgan fingerprint density at radius 3 is 2.92 bits per heavy atom. The molecule has 13 heavy (non-hydrogen) atoms. The molecular formula is C10H15NO2. The Morgan fingerprint density at radius 2 is 2.38 bits per heavy atom. The monoisotopic (exact) mass is 181 g/mol. The van der Waals surface area contributed by atoms with Gasteiger partial charge in [-0.1, -0.05) is 6.08 Å². The van der Waals surface area contributed by atoms with Gasteiger partial charge in [-0.2, -0.15) is 0 Å². The summed E-state index contributed by atoms with van der Waals surface area (Å²) >= 11 is 0. The van der Waals surface area contributed by atoms with E-state index in [-0.39, 0.29) is 12.6 Å². The van der Waals surface area contributed by atoms with Gasteiger partial charge in [0.25, 0.3) is 0 Å². The largest absolute Gasteiger partial charge is 0.462 e. The lowest BCUT2D eigenvalue weighted by Crippen LogP contribution is -2.08. The molecule has 0 bridgehead atoms. The zero-order valence-corrected chi connectivity index (χ0v) is 7.57. The van der Waals surface area contributed by atoms with Crippen molar-refractivity contribution in [3.05, 3.63) is 36.3 Å². The molecule has 1 aromatic rings. The number of nitrogens with two attached hydrogens (primary N) is 1. The second kappa shape index (κ2) is 4.84. The zero-order valence-electron chi connectivity index (χ0n) is 7.57. The number of allylic oxidation sites excluding steroid dienone is 1. The number of aliphatic hydroxyl groups excluding tert-OH is 1. The van der Waals surface area contributed by atoms with Gasteiger partial charge in [0.05, 0.1) is 6.04 Å². The third-order valence-electron chi connectivity index (χ3n) is 1.89. The Labute approximate surface area is 77.9 Å². The summed E-state index contributed by atoms with van der Waals surface area (Å²) in [6, 6.07) is 3.45. The Morgan fingerprint density at radius 1 is 1.62 bits per heavy atom. The molecule has 1 heterocycles. The van der Waals surface area contributed by atoms with Gasteiger partial charge in [-0.05, 0) is 25.0 Å². The van der Waals surface area contributed by atoms with Gasteiger partial charge in [0.15, 0.2) is 0 Å². The van der Waals surface area contributed by atoms with Crippen molar-refractivity contribution in [2.75, 3.05) is 0 Å². The molecule has 1 atom stereocenters. The lowest BCUT2D eigenvalue weighted by molar-refractivity contribution is 0.241. The zero-order chi connectivity index (χ0) is 9.68. The summed E-state index contributed by atoms with van der Waals surface area (Å²) in [5, 5.41) is 8.76. The molecule has 0 unspecified atom stereocenters. The van der Waals surface area contributed by atoms with Crippen LogP contribution in [-0.4, -0.2) is 5.11 Å². The summed E-state index contributed by atoms with van der Waals surface area (Å²) in [7, 11) is 0. The van der Waals surface area contributed by atoms with Gasteiger partial charge in [-0.25, -0.2) is 0 Å². The summed E-state index contributed by atoms with van der Waals surface area (Å²) in [5.74, 6) is 1.29. The Bertz CT molecular complexity index is 268. The van der Waals surface area contributed by atoms with E-state index in [2.05, 4.69) is 6.58 Å². The van der Waals surface area contributed by atoms with E-state index in [1.54, 1.807) is 12.1 Å². The van der Waals surface area contributed by atoms with Gasteiger partial charge in [0.1, 0.15) is 18.1 Å². The molecule has 3 N–H and O–H groups in total. The Balaban J connectivity index is 2.54. The molecule has 3 heteroatoms. The van der Waals surface area contributed by atoms with E-state index in [0.29, 0.717) is 5.76 Å². The third kappa shape index (κ3) is 2.72. The van der Waals surface area contributed by atoms with Gasteiger partial charge < -0.3 is 15.3 Å². The lowest BCUT2D eigenvalue weighted by atomic mass is 10.1. The molecule has 0 saturated carbocycles. The van der Waals surface area contributed by atoms with Crippen LogP contribution in [0.4, 0.5) is 0 Å². The van der Waals surface area contributed by atoms with Crippen LogP contribution >= 0.6 is 0 Å². The van der Waals surface area contributed by atoms with Crippen molar-refractivity contribution in [3.63, 3.8) is 0 Å². The summed E-state index contributed by atoms with van der Waals surface area (Å²) < 4.78 is 5.28. The van der Waals surface area contributed by atoms with E-state index < -0.39 is 0 Å². The topological polar surface area (TPSA) is 59.4 Å². The normalized spacial score (nSPS) is 12.8. The van der Waals surface area contributed by atoms with E-state index in [1.165, 1.54) is 0 Å². The van der Waals surface area contributed by atoms with Crippen molar-refractivity contribution in [2.45, 2.75) is 25.5 Å². The number of aliphatic hydroxyl groups is 1. The number of hydrogen-bond acceptors (Lipinski definition) is 3. The number of furan rings is 1. The van der Waals surface area contributed by atoms with Gasteiger partial charge >= 0.3 is 0 Å². The first-order valence-corrected chi connectivity index (χ1v) is 4.34. The molecule has 1 rings (SSSR count). The molecular weight excluding hydrogens is 166 g/mol. The smallest absolute Gasteiger partial charge is 0.129 e. The van der Waals surface area contributed by atoms with Gasteiger partial charge in [0, 0.05) is 0 Å². The maximum atomic E-state index is 8.76. The van der Waals surface area contributed by atoms with E-state index >= 15 is 0 Å². The van der Waals surface area contributed by atoms with Crippen molar-refractivity contribution >= 4 is 0 Å². The van der Waals surface area contributed by atoms with Crippen LogP contribution in [0.25, 0.3) is 0 Å². The number of hydrogen-bond donors (Lipinski definition) is 2. The van der Waals surface area contributed by atoms with Crippen molar-refractivity contribution in [2.24, 2.45) is 5.73 Å². The van der Waals surface area contributed by atoms with Crippen molar-refractivity contribution in [3.8, 4) is 0 Å². The SMILES string of the molecule is C=CCC[C@H](N)c1ccc(CO)o1. The van der Waals surface area contributed by atoms with Gasteiger partial charge in [0.2, 0.25) is 0 Å². The minimum Gasteiger partial charge on any atom is -0.462 e. The van der Waals surface area contributed by atoms with E-state index in [1.807, 2.05) is 6.08 Å². The van der Waals surface area contributed by atoms with Crippen LogP contribution < -0.4 is 5.73 Å². The highest BCUT2D eigenvalue weighted by molar-refractivity contribution is 5.09. The van der Waals surface area contributed by atoms with Crippen LogP contribution in [-0.2, 0) is 6.61 Å². The molecule has 0 aliphatic heterocycles. The highest BCUT2D eigenvalue weighted by atomic mass is 16.4. The maximum Gasteiger partial charge on any atom is 0.129 e. The van der Waals surface area contributed by atoms with Crippen LogP contribution in [0.5, 0.6) is 0 Å². The molecule has 0 amide bonds. The average molecular weight is 181 g/mol. The highest BCUT2D eigenvalue weighted by Gasteiger charge is 2.09. The molecule has 0 aromatic carbocycles. The molecule has 0 spiro atoms. The molecule has 0 saturated heterocycles. The van der Waals surface area contributed by atoms with Crippen LogP contribution in [0.2, 0.25) is 0 Å².